The molecular formula is C30H30ClN7O3S. The van der Waals surface area contributed by atoms with Gasteiger partial charge in [0.1, 0.15) is 11.4 Å². The first kappa shape index (κ1) is 30.2. The predicted octanol–water partition coefficient (Wildman–Crippen LogP) is 5.53. The third-order valence-corrected chi connectivity index (χ3v) is 6.59. The largest absolute Gasteiger partial charge is 0.481 e. The first-order valence-corrected chi connectivity index (χ1v) is 14.0. The van der Waals surface area contributed by atoms with Gasteiger partial charge in [0.05, 0.1) is 17.1 Å². The number of anilines is 4. The van der Waals surface area contributed by atoms with E-state index in [0.717, 1.165) is 11.1 Å². The van der Waals surface area contributed by atoms with Crippen LogP contribution >= 0.6 is 23.8 Å². The van der Waals surface area contributed by atoms with Gasteiger partial charge in [0.25, 0.3) is 5.91 Å². The van der Waals surface area contributed by atoms with Crippen molar-refractivity contribution in [1.82, 2.24) is 20.6 Å². The van der Waals surface area contributed by atoms with E-state index < -0.39 is 5.97 Å². The van der Waals surface area contributed by atoms with Gasteiger partial charge in [-0.15, -0.1) is 0 Å². The minimum atomic E-state index is -0.897. The summed E-state index contributed by atoms with van der Waals surface area (Å²) in [5, 5.41) is 24.8. The van der Waals surface area contributed by atoms with Crippen LogP contribution in [0.2, 0.25) is 5.02 Å². The molecule has 42 heavy (non-hydrogen) atoms. The molecule has 4 rings (SSSR count). The van der Waals surface area contributed by atoms with E-state index in [2.05, 4.69) is 36.6 Å². The SMILES string of the molecule is O=C(O)CCNC(=S)NCCCNc1nc(Nc2ccccc2Cl)ncc1C(=O)Nc1ccccc1-c1ccccc1. The van der Waals surface area contributed by atoms with Crippen molar-refractivity contribution in [2.24, 2.45) is 0 Å². The number of nitrogens with zero attached hydrogens (tertiary/aromatic N) is 2. The van der Waals surface area contributed by atoms with Crippen LogP contribution in [0.3, 0.4) is 0 Å². The second-order valence-corrected chi connectivity index (χ2v) is 9.85. The summed E-state index contributed by atoms with van der Waals surface area (Å²) in [6.45, 7) is 1.23. The van der Waals surface area contributed by atoms with Crippen molar-refractivity contribution in [2.45, 2.75) is 12.8 Å². The van der Waals surface area contributed by atoms with Crippen molar-refractivity contribution in [3.05, 3.63) is 95.6 Å². The number of halogens is 1. The van der Waals surface area contributed by atoms with E-state index in [9.17, 15) is 9.59 Å². The topological polar surface area (TPSA) is 140 Å². The number of carbonyl (C=O) groups excluding carboxylic acids is 1. The van der Waals surface area contributed by atoms with Gasteiger partial charge >= 0.3 is 5.97 Å². The Kier molecular flexibility index (Phi) is 11.0. The number of carbonyl (C=O) groups is 2. The molecule has 0 fully saturated rings. The number of aliphatic carboxylic acids is 1. The zero-order valence-electron chi connectivity index (χ0n) is 22.6. The standard InChI is InChI=1S/C30H30ClN7O3S/c31-23-12-5-7-14-25(23)37-29-35-19-22(27(38-29)32-16-8-17-33-30(42)34-18-15-26(39)40)28(41)36-24-13-6-4-11-21(24)20-9-2-1-3-10-20/h1-7,9-14,19H,8,15-18H2,(H,36,41)(H,39,40)(H2,33,34,42)(H2,32,35,37,38). The number of hydrogen-bond acceptors (Lipinski definition) is 7. The van der Waals surface area contributed by atoms with Crippen molar-refractivity contribution in [3.63, 3.8) is 0 Å². The summed E-state index contributed by atoms with van der Waals surface area (Å²) in [6, 6.07) is 24.6. The monoisotopic (exact) mass is 603 g/mol. The predicted molar refractivity (Wildman–Crippen MR) is 171 cm³/mol. The van der Waals surface area contributed by atoms with Crippen LogP contribution in [0, 0.1) is 0 Å². The lowest BCUT2D eigenvalue weighted by Gasteiger charge is -2.15. The molecule has 0 saturated heterocycles. The molecule has 216 valence electrons. The van der Waals surface area contributed by atoms with Crippen LogP contribution in [-0.2, 0) is 4.79 Å². The summed E-state index contributed by atoms with van der Waals surface area (Å²) in [7, 11) is 0. The number of carboxylic acids is 1. The van der Waals surface area contributed by atoms with Gasteiger partial charge in [-0.2, -0.15) is 4.98 Å². The molecule has 3 aromatic carbocycles. The molecule has 1 heterocycles. The number of nitrogens with one attached hydrogen (secondary N) is 5. The van der Waals surface area contributed by atoms with Crippen LogP contribution in [0.4, 0.5) is 23.1 Å². The van der Waals surface area contributed by atoms with Gasteiger partial charge in [-0.3, -0.25) is 9.59 Å². The van der Waals surface area contributed by atoms with Gasteiger partial charge in [-0.25, -0.2) is 4.98 Å². The van der Waals surface area contributed by atoms with Crippen LogP contribution in [0.15, 0.2) is 85.1 Å². The number of benzene rings is 3. The molecule has 0 radical (unpaired) electrons. The zero-order valence-corrected chi connectivity index (χ0v) is 24.1. The van der Waals surface area contributed by atoms with Crippen molar-refractivity contribution < 1.29 is 14.7 Å². The second-order valence-electron chi connectivity index (χ2n) is 9.03. The fourth-order valence-corrected chi connectivity index (χ4v) is 4.31. The highest BCUT2D eigenvalue weighted by Gasteiger charge is 2.17. The van der Waals surface area contributed by atoms with Crippen LogP contribution in [0.25, 0.3) is 11.1 Å². The fourth-order valence-electron chi connectivity index (χ4n) is 3.92. The summed E-state index contributed by atoms with van der Waals surface area (Å²) in [5.74, 6) is -0.650. The maximum Gasteiger partial charge on any atom is 0.305 e. The molecular weight excluding hydrogens is 574 g/mol. The molecule has 0 bridgehead atoms. The average molecular weight is 604 g/mol. The van der Waals surface area contributed by atoms with Gasteiger partial charge < -0.3 is 31.7 Å². The molecule has 10 nitrogen and oxygen atoms in total. The highest BCUT2D eigenvalue weighted by molar-refractivity contribution is 7.80. The van der Waals surface area contributed by atoms with Crippen molar-refractivity contribution >= 4 is 63.9 Å². The molecule has 0 saturated carbocycles. The quantitative estimate of drug-likeness (QED) is 0.0853. The first-order chi connectivity index (χ1) is 20.4. The third kappa shape index (κ3) is 8.88. The number of rotatable bonds is 13. The van der Waals surface area contributed by atoms with E-state index in [1.165, 1.54) is 6.20 Å². The number of hydrogen-bond donors (Lipinski definition) is 6. The Labute approximate surface area is 253 Å². The van der Waals surface area contributed by atoms with Crippen LogP contribution < -0.4 is 26.6 Å². The van der Waals surface area contributed by atoms with Gasteiger partial charge in [0.15, 0.2) is 5.11 Å². The van der Waals surface area contributed by atoms with Crippen LogP contribution in [0.5, 0.6) is 0 Å². The number of aromatic nitrogens is 2. The Bertz CT molecular complexity index is 1540. The summed E-state index contributed by atoms with van der Waals surface area (Å²) in [6.07, 6.45) is 2.08. The maximum absolute atomic E-state index is 13.5. The molecule has 0 unspecified atom stereocenters. The molecule has 0 atom stereocenters. The zero-order chi connectivity index (χ0) is 29.7. The number of amides is 1. The number of para-hydroxylation sites is 2. The molecule has 0 aliphatic rings. The van der Waals surface area contributed by atoms with E-state index in [4.69, 9.17) is 28.9 Å². The molecule has 0 spiro atoms. The smallest absolute Gasteiger partial charge is 0.305 e. The Balaban J connectivity index is 1.47. The van der Waals surface area contributed by atoms with Gasteiger partial charge in [-0.1, -0.05) is 72.3 Å². The Morgan fingerprint density at radius 1 is 0.857 bits per heavy atom. The first-order valence-electron chi connectivity index (χ1n) is 13.2. The van der Waals surface area contributed by atoms with Gasteiger partial charge in [0, 0.05) is 37.1 Å². The highest BCUT2D eigenvalue weighted by atomic mass is 35.5. The molecule has 0 aliphatic heterocycles. The van der Waals surface area contributed by atoms with Gasteiger partial charge in [0.2, 0.25) is 5.95 Å². The van der Waals surface area contributed by atoms with E-state index in [1.54, 1.807) is 12.1 Å². The molecule has 6 N–H and O–H groups in total. The molecule has 0 aliphatic carbocycles. The summed E-state index contributed by atoms with van der Waals surface area (Å²) in [4.78, 5) is 33.1. The second kappa shape index (κ2) is 15.3. The van der Waals surface area contributed by atoms with E-state index >= 15 is 0 Å². The highest BCUT2D eigenvalue weighted by Crippen LogP contribution is 2.29. The minimum absolute atomic E-state index is 0.0255. The third-order valence-electron chi connectivity index (χ3n) is 5.97. The van der Waals surface area contributed by atoms with Gasteiger partial charge in [-0.05, 0) is 42.4 Å². The molecule has 4 aromatic rings. The summed E-state index contributed by atoms with van der Waals surface area (Å²) in [5.41, 5.74) is 3.42. The lowest BCUT2D eigenvalue weighted by Crippen LogP contribution is -2.37. The van der Waals surface area contributed by atoms with Crippen molar-refractivity contribution in [1.29, 1.82) is 0 Å². The number of carboxylic acid groups (broad SMARTS) is 1. The van der Waals surface area contributed by atoms with E-state index in [0.29, 0.717) is 46.8 Å². The van der Waals surface area contributed by atoms with E-state index in [1.807, 2.05) is 66.7 Å². The molecule has 1 amide bonds. The average Bonchev–Trinajstić information content (AvgIpc) is 2.99. The lowest BCUT2D eigenvalue weighted by molar-refractivity contribution is -0.136. The van der Waals surface area contributed by atoms with Crippen molar-refractivity contribution in [2.75, 3.05) is 35.6 Å². The maximum atomic E-state index is 13.5. The molecule has 12 heteroatoms. The lowest BCUT2D eigenvalue weighted by atomic mass is 10.0. The van der Waals surface area contributed by atoms with E-state index in [-0.39, 0.29) is 30.4 Å². The normalized spacial score (nSPS) is 10.4. The minimum Gasteiger partial charge on any atom is -0.481 e. The molecule has 1 aromatic heterocycles. The fraction of sp³-hybridized carbons (Fsp3) is 0.167. The number of thiocarbonyl (C=S) groups is 1. The van der Waals surface area contributed by atoms with Crippen molar-refractivity contribution in [3.8, 4) is 11.1 Å². The summed E-state index contributed by atoms with van der Waals surface area (Å²) < 4.78 is 0. The Morgan fingerprint density at radius 3 is 2.31 bits per heavy atom. The van der Waals surface area contributed by atoms with Crippen LogP contribution in [0.1, 0.15) is 23.2 Å². The Hall–Kier alpha value is -4.74. The summed E-state index contributed by atoms with van der Waals surface area (Å²) >= 11 is 11.5. The van der Waals surface area contributed by atoms with Crippen LogP contribution in [-0.4, -0.2) is 51.7 Å². The Morgan fingerprint density at radius 2 is 1.55 bits per heavy atom.